The molecule has 2 aromatic heterocycles. The van der Waals surface area contributed by atoms with E-state index >= 15 is 0 Å². The van der Waals surface area contributed by atoms with Crippen LogP contribution in [0.25, 0.3) is 10.6 Å². The predicted molar refractivity (Wildman–Crippen MR) is 84.3 cm³/mol. The Hall–Kier alpha value is -2.84. The van der Waals surface area contributed by atoms with Crippen molar-refractivity contribution in [2.75, 3.05) is 0 Å². The topological polar surface area (TPSA) is 66.0 Å². The van der Waals surface area contributed by atoms with Gasteiger partial charge in [-0.15, -0.1) is 11.3 Å². The molecular weight excluding hydrogens is 296 g/mol. The van der Waals surface area contributed by atoms with E-state index in [1.54, 1.807) is 35.6 Å². The Morgan fingerprint density at radius 2 is 2.00 bits per heavy atom. The molecule has 0 aliphatic carbocycles. The van der Waals surface area contributed by atoms with Gasteiger partial charge in [0.1, 0.15) is 11.5 Å². The molecular formula is C17H12N2O2S. The number of benzene rings is 1. The number of nitriles is 1. The fourth-order valence-corrected chi connectivity index (χ4v) is 2.68. The van der Waals surface area contributed by atoms with Gasteiger partial charge in [-0.3, -0.25) is 4.79 Å². The Balaban J connectivity index is 1.62. The third-order valence-electron chi connectivity index (χ3n) is 3.13. The van der Waals surface area contributed by atoms with Crippen LogP contribution < -0.4 is 5.32 Å². The van der Waals surface area contributed by atoms with Crippen molar-refractivity contribution in [2.45, 2.75) is 6.54 Å². The van der Waals surface area contributed by atoms with Crippen molar-refractivity contribution in [2.24, 2.45) is 0 Å². The molecule has 0 atom stereocenters. The lowest BCUT2D eigenvalue weighted by molar-refractivity contribution is 0.0948. The quantitative estimate of drug-likeness (QED) is 0.797. The van der Waals surface area contributed by atoms with Gasteiger partial charge in [-0.2, -0.15) is 5.26 Å². The molecule has 0 saturated heterocycles. The average Bonchev–Trinajstić information content (AvgIpc) is 3.23. The molecule has 2 heterocycles. The summed E-state index contributed by atoms with van der Waals surface area (Å²) in [5.74, 6) is 1.31. The van der Waals surface area contributed by atoms with Crippen molar-refractivity contribution >= 4 is 17.2 Å². The fourth-order valence-electron chi connectivity index (χ4n) is 1.99. The first-order valence-corrected chi connectivity index (χ1v) is 7.55. The number of nitrogens with one attached hydrogen (secondary N) is 1. The molecule has 3 aromatic rings. The highest BCUT2D eigenvalue weighted by atomic mass is 32.1. The zero-order chi connectivity index (χ0) is 15.4. The molecule has 1 N–H and O–H groups in total. The Morgan fingerprint density at radius 3 is 2.68 bits per heavy atom. The standard InChI is InChI=1S/C17H12N2O2S/c18-10-12-3-5-13(6-4-12)17(20)19-11-14-7-8-15(21-14)16-2-1-9-22-16/h1-9H,11H2,(H,19,20). The highest BCUT2D eigenvalue weighted by Gasteiger charge is 2.08. The summed E-state index contributed by atoms with van der Waals surface area (Å²) in [5, 5.41) is 13.5. The normalized spacial score (nSPS) is 10.1. The highest BCUT2D eigenvalue weighted by Crippen LogP contribution is 2.26. The number of amides is 1. The number of carbonyl (C=O) groups excluding carboxylic acids is 1. The fraction of sp³-hybridized carbons (Fsp3) is 0.0588. The summed E-state index contributed by atoms with van der Waals surface area (Å²) in [5.41, 5.74) is 1.05. The Labute approximate surface area is 131 Å². The molecule has 108 valence electrons. The van der Waals surface area contributed by atoms with Crippen molar-refractivity contribution in [1.29, 1.82) is 5.26 Å². The van der Waals surface area contributed by atoms with Crippen LogP contribution in [0.15, 0.2) is 58.3 Å². The first-order chi connectivity index (χ1) is 10.8. The smallest absolute Gasteiger partial charge is 0.251 e. The third-order valence-corrected chi connectivity index (χ3v) is 4.01. The van der Waals surface area contributed by atoms with Gasteiger partial charge in [0.05, 0.1) is 23.1 Å². The summed E-state index contributed by atoms with van der Waals surface area (Å²) in [4.78, 5) is 13.1. The van der Waals surface area contributed by atoms with Crippen molar-refractivity contribution in [3.8, 4) is 16.7 Å². The highest BCUT2D eigenvalue weighted by molar-refractivity contribution is 7.13. The molecule has 5 heteroatoms. The molecule has 0 unspecified atom stereocenters. The molecule has 22 heavy (non-hydrogen) atoms. The van der Waals surface area contributed by atoms with E-state index in [0.29, 0.717) is 23.4 Å². The SMILES string of the molecule is N#Cc1ccc(C(=O)NCc2ccc(-c3cccs3)o2)cc1. The number of carbonyl (C=O) groups is 1. The summed E-state index contributed by atoms with van der Waals surface area (Å²) in [6.07, 6.45) is 0. The Bertz CT molecular complexity index is 811. The van der Waals surface area contributed by atoms with Gasteiger partial charge in [-0.1, -0.05) is 6.07 Å². The van der Waals surface area contributed by atoms with Gasteiger partial charge < -0.3 is 9.73 Å². The van der Waals surface area contributed by atoms with E-state index in [2.05, 4.69) is 5.32 Å². The molecule has 0 saturated carbocycles. The van der Waals surface area contributed by atoms with Crippen molar-refractivity contribution < 1.29 is 9.21 Å². The van der Waals surface area contributed by atoms with Gasteiger partial charge in [0.15, 0.2) is 0 Å². The van der Waals surface area contributed by atoms with Crippen LogP contribution in [-0.4, -0.2) is 5.91 Å². The van der Waals surface area contributed by atoms with E-state index in [9.17, 15) is 4.79 Å². The monoisotopic (exact) mass is 308 g/mol. The third kappa shape index (κ3) is 3.08. The molecule has 1 aromatic carbocycles. The molecule has 3 rings (SSSR count). The number of nitrogens with zero attached hydrogens (tertiary/aromatic N) is 1. The van der Waals surface area contributed by atoms with Crippen LogP contribution in [0.5, 0.6) is 0 Å². The minimum atomic E-state index is -0.196. The maximum absolute atomic E-state index is 12.0. The van der Waals surface area contributed by atoms with Crippen molar-refractivity contribution in [3.63, 3.8) is 0 Å². The lowest BCUT2D eigenvalue weighted by atomic mass is 10.1. The molecule has 0 spiro atoms. The summed E-state index contributed by atoms with van der Waals surface area (Å²) < 4.78 is 5.70. The zero-order valence-electron chi connectivity index (χ0n) is 11.6. The summed E-state index contributed by atoms with van der Waals surface area (Å²) in [6, 6.07) is 16.2. The molecule has 4 nitrogen and oxygen atoms in total. The second-order valence-electron chi connectivity index (χ2n) is 4.62. The summed E-state index contributed by atoms with van der Waals surface area (Å²) >= 11 is 1.61. The molecule has 0 fully saturated rings. The number of rotatable bonds is 4. The van der Waals surface area contributed by atoms with E-state index in [1.165, 1.54) is 0 Å². The van der Waals surface area contributed by atoms with Crippen molar-refractivity contribution in [1.82, 2.24) is 5.32 Å². The number of hydrogen-bond donors (Lipinski definition) is 1. The van der Waals surface area contributed by atoms with Gasteiger partial charge in [0.2, 0.25) is 0 Å². The minimum absolute atomic E-state index is 0.196. The van der Waals surface area contributed by atoms with Crippen LogP contribution >= 0.6 is 11.3 Å². The molecule has 0 radical (unpaired) electrons. The van der Waals surface area contributed by atoms with E-state index < -0.39 is 0 Å². The largest absolute Gasteiger partial charge is 0.458 e. The van der Waals surface area contributed by atoms with E-state index in [0.717, 1.165) is 10.6 Å². The zero-order valence-corrected chi connectivity index (χ0v) is 12.4. The summed E-state index contributed by atoms with van der Waals surface area (Å²) in [7, 11) is 0. The average molecular weight is 308 g/mol. The Morgan fingerprint density at radius 1 is 1.18 bits per heavy atom. The van der Waals surface area contributed by atoms with Gasteiger partial charge in [0.25, 0.3) is 5.91 Å². The minimum Gasteiger partial charge on any atom is -0.458 e. The molecule has 1 amide bonds. The van der Waals surface area contributed by atoms with Crippen molar-refractivity contribution in [3.05, 3.63) is 70.8 Å². The lowest BCUT2D eigenvalue weighted by Crippen LogP contribution is -2.22. The first kappa shape index (κ1) is 14.1. The number of hydrogen-bond acceptors (Lipinski definition) is 4. The van der Waals surface area contributed by atoms with Gasteiger partial charge >= 0.3 is 0 Å². The van der Waals surface area contributed by atoms with E-state index in [4.69, 9.17) is 9.68 Å². The van der Waals surface area contributed by atoms with E-state index in [1.807, 2.05) is 35.7 Å². The number of furan rings is 1. The van der Waals surface area contributed by atoms with Crippen LogP contribution in [0.3, 0.4) is 0 Å². The van der Waals surface area contributed by atoms with Crippen LogP contribution in [0.4, 0.5) is 0 Å². The molecule has 0 bridgehead atoms. The van der Waals surface area contributed by atoms with Gasteiger partial charge in [-0.25, -0.2) is 0 Å². The maximum atomic E-state index is 12.0. The van der Waals surface area contributed by atoms with Crippen LogP contribution in [0.2, 0.25) is 0 Å². The summed E-state index contributed by atoms with van der Waals surface area (Å²) in [6.45, 7) is 0.324. The van der Waals surface area contributed by atoms with Crippen LogP contribution in [0, 0.1) is 11.3 Å². The van der Waals surface area contributed by atoms with E-state index in [-0.39, 0.29) is 5.91 Å². The van der Waals surface area contributed by atoms with Gasteiger partial charge in [0, 0.05) is 5.56 Å². The number of thiophene rings is 1. The first-order valence-electron chi connectivity index (χ1n) is 6.67. The van der Waals surface area contributed by atoms with Crippen LogP contribution in [0.1, 0.15) is 21.7 Å². The lowest BCUT2D eigenvalue weighted by Gasteiger charge is -2.03. The predicted octanol–water partition coefficient (Wildman–Crippen LogP) is 3.81. The second kappa shape index (κ2) is 6.29. The molecule has 0 aliphatic rings. The second-order valence-corrected chi connectivity index (χ2v) is 5.56. The molecule has 0 aliphatic heterocycles. The maximum Gasteiger partial charge on any atom is 0.251 e. The Kier molecular flexibility index (Phi) is 4.03. The van der Waals surface area contributed by atoms with Gasteiger partial charge in [-0.05, 0) is 47.8 Å². The van der Waals surface area contributed by atoms with Crippen LogP contribution in [-0.2, 0) is 6.54 Å².